The van der Waals surface area contributed by atoms with E-state index < -0.39 is 17.9 Å². The lowest BCUT2D eigenvalue weighted by atomic mass is 10.1. The summed E-state index contributed by atoms with van der Waals surface area (Å²) in [6, 6.07) is -1.27. The van der Waals surface area contributed by atoms with Crippen LogP contribution >= 0.6 is 0 Å². The molecule has 0 heterocycles. The fourth-order valence-corrected chi connectivity index (χ4v) is 4.13. The van der Waals surface area contributed by atoms with Crippen molar-refractivity contribution in [2.45, 2.75) is 77.3 Å². The second-order valence-corrected chi connectivity index (χ2v) is 11.1. The van der Waals surface area contributed by atoms with E-state index in [1.54, 1.807) is 20.9 Å². The first kappa shape index (κ1) is 46.3. The molecule has 0 aliphatic rings. The highest BCUT2D eigenvalue weighted by Gasteiger charge is 2.20. The van der Waals surface area contributed by atoms with Crippen molar-refractivity contribution in [1.29, 1.82) is 0 Å². The fraction of sp³-hybridized carbons (Fsp3) is 0.781. The third-order valence-electron chi connectivity index (χ3n) is 6.95. The third-order valence-corrected chi connectivity index (χ3v) is 6.95. The van der Waals surface area contributed by atoms with E-state index in [1.165, 1.54) is 0 Å². The van der Waals surface area contributed by atoms with Crippen molar-refractivity contribution >= 4 is 41.3 Å². The van der Waals surface area contributed by atoms with Gasteiger partial charge in [0.05, 0.1) is 45.7 Å². The van der Waals surface area contributed by atoms with Crippen molar-refractivity contribution in [2.24, 2.45) is 0 Å². The smallest absolute Gasteiger partial charge is 0.326 e. The monoisotopic (exact) mass is 718 g/mol. The number of carboxylic acid groups (broad SMARTS) is 1. The molecular weight excluding hydrogens is 660 g/mol. The molecule has 0 fully saturated rings. The lowest BCUT2D eigenvalue weighted by Gasteiger charge is -2.13. The van der Waals surface area contributed by atoms with Crippen LogP contribution < -0.4 is 31.9 Å². The molecule has 50 heavy (non-hydrogen) atoms. The number of nitrogens with one attached hydrogen (secondary N) is 6. The molecule has 2 atom stereocenters. The van der Waals surface area contributed by atoms with Crippen molar-refractivity contribution in [3.05, 3.63) is 0 Å². The first-order valence-electron chi connectivity index (χ1n) is 17.1. The highest BCUT2D eigenvalue weighted by Crippen LogP contribution is 2.02. The van der Waals surface area contributed by atoms with Crippen LogP contribution in [0.1, 0.15) is 65.2 Å². The summed E-state index contributed by atoms with van der Waals surface area (Å²) < 4.78 is 21.2. The number of Topliss-reactive ketones (excluding diaryl/α,β-unsaturated/α-hetero) is 1. The van der Waals surface area contributed by atoms with E-state index in [0.29, 0.717) is 25.9 Å². The average molecular weight is 719 g/mol. The summed E-state index contributed by atoms with van der Waals surface area (Å²) in [4.78, 5) is 81.3. The van der Waals surface area contributed by atoms with Crippen LogP contribution in [-0.4, -0.2) is 145 Å². The van der Waals surface area contributed by atoms with Crippen LogP contribution in [0.4, 0.5) is 0 Å². The topological polar surface area (TPSA) is 249 Å². The van der Waals surface area contributed by atoms with Gasteiger partial charge in [0, 0.05) is 45.4 Å². The van der Waals surface area contributed by atoms with Crippen LogP contribution in [0.2, 0.25) is 0 Å². The van der Waals surface area contributed by atoms with Gasteiger partial charge >= 0.3 is 5.97 Å². The maximum Gasteiger partial charge on any atom is 0.326 e. The number of ether oxygens (including phenoxy) is 4. The third kappa shape index (κ3) is 28.2. The van der Waals surface area contributed by atoms with Gasteiger partial charge in [-0.25, -0.2) is 4.79 Å². The van der Waals surface area contributed by atoms with Crippen molar-refractivity contribution in [3.63, 3.8) is 0 Å². The maximum atomic E-state index is 11.9. The quantitative estimate of drug-likeness (QED) is 0.0379. The van der Waals surface area contributed by atoms with E-state index >= 15 is 0 Å². The van der Waals surface area contributed by atoms with Gasteiger partial charge in [-0.05, 0) is 46.1 Å². The molecule has 0 aliphatic carbocycles. The summed E-state index contributed by atoms with van der Waals surface area (Å²) >= 11 is 0. The number of carbonyl (C=O) groups excluding carboxylic acids is 6. The number of rotatable bonds is 33. The number of hydrogen-bond donors (Lipinski definition) is 7. The van der Waals surface area contributed by atoms with Crippen LogP contribution in [0.25, 0.3) is 0 Å². The minimum absolute atomic E-state index is 0.0253. The second-order valence-electron chi connectivity index (χ2n) is 11.1. The molecule has 0 saturated carbocycles. The van der Waals surface area contributed by atoms with Crippen LogP contribution in [0.3, 0.4) is 0 Å². The van der Waals surface area contributed by atoms with Crippen molar-refractivity contribution < 1.29 is 57.6 Å². The predicted molar refractivity (Wildman–Crippen MR) is 181 cm³/mol. The number of likely N-dealkylation sites (N-methyl/N-ethyl adjacent to an activating group) is 1. The Kier molecular flexibility index (Phi) is 29.0. The van der Waals surface area contributed by atoms with E-state index in [1.807, 2.05) is 0 Å². The zero-order valence-corrected chi connectivity index (χ0v) is 29.7. The fourth-order valence-electron chi connectivity index (χ4n) is 4.13. The minimum Gasteiger partial charge on any atom is -0.480 e. The summed E-state index contributed by atoms with van der Waals surface area (Å²) in [5, 5.41) is 25.2. The van der Waals surface area contributed by atoms with Gasteiger partial charge in [-0.1, -0.05) is 6.92 Å². The summed E-state index contributed by atoms with van der Waals surface area (Å²) in [6.07, 6.45) is 3.22. The SMILES string of the molecule is CCC(=O)NC(CCC(=O)NCCOCCOCC(=O)NCCOCCOCC(=O)NCCCC(=O)NCCCCC(NC)C(C)=O)C(=O)O. The molecule has 0 spiro atoms. The Bertz CT molecular complexity index is 1020. The first-order chi connectivity index (χ1) is 24.0. The van der Waals surface area contributed by atoms with Gasteiger partial charge < -0.3 is 56.0 Å². The zero-order valence-electron chi connectivity index (χ0n) is 29.7. The zero-order chi connectivity index (χ0) is 37.4. The van der Waals surface area contributed by atoms with Gasteiger partial charge in [0.15, 0.2) is 0 Å². The van der Waals surface area contributed by atoms with Crippen LogP contribution in [0.15, 0.2) is 0 Å². The number of carbonyl (C=O) groups is 7. The number of hydrogen-bond acceptors (Lipinski definition) is 12. The summed E-state index contributed by atoms with van der Waals surface area (Å²) in [6.45, 7) is 5.50. The predicted octanol–water partition coefficient (Wildman–Crippen LogP) is -1.60. The van der Waals surface area contributed by atoms with Crippen molar-refractivity contribution in [1.82, 2.24) is 31.9 Å². The molecule has 0 bridgehead atoms. The number of unbranched alkanes of at least 4 members (excludes halogenated alkanes) is 1. The Balaban J connectivity index is 3.56. The molecule has 18 heteroatoms. The van der Waals surface area contributed by atoms with E-state index in [2.05, 4.69) is 31.9 Å². The Hall–Kier alpha value is -3.71. The molecule has 0 aliphatic heterocycles. The van der Waals surface area contributed by atoms with E-state index in [4.69, 9.17) is 24.1 Å². The molecule has 0 saturated heterocycles. The average Bonchev–Trinajstić information content (AvgIpc) is 3.08. The number of ketones is 1. The molecule has 0 rings (SSSR count). The van der Waals surface area contributed by atoms with Gasteiger partial charge in [0.2, 0.25) is 29.5 Å². The molecule has 0 aromatic carbocycles. The lowest BCUT2D eigenvalue weighted by molar-refractivity contribution is -0.142. The molecule has 0 radical (unpaired) electrons. The van der Waals surface area contributed by atoms with Gasteiger partial charge in [-0.3, -0.25) is 28.8 Å². The van der Waals surface area contributed by atoms with Crippen molar-refractivity contribution in [3.8, 4) is 0 Å². The Morgan fingerprint density at radius 1 is 0.560 bits per heavy atom. The van der Waals surface area contributed by atoms with Crippen LogP contribution in [0.5, 0.6) is 0 Å². The molecule has 288 valence electrons. The lowest BCUT2D eigenvalue weighted by Crippen LogP contribution is -2.41. The van der Waals surface area contributed by atoms with E-state index in [0.717, 1.165) is 19.3 Å². The van der Waals surface area contributed by atoms with Gasteiger partial charge in [0.1, 0.15) is 25.0 Å². The van der Waals surface area contributed by atoms with E-state index in [9.17, 15) is 33.6 Å². The Labute approximate surface area is 294 Å². The highest BCUT2D eigenvalue weighted by atomic mass is 16.5. The number of aliphatic carboxylic acids is 1. The molecule has 18 nitrogen and oxygen atoms in total. The number of carboxylic acids is 1. The van der Waals surface area contributed by atoms with Crippen LogP contribution in [0, 0.1) is 0 Å². The molecule has 0 aromatic rings. The van der Waals surface area contributed by atoms with Gasteiger partial charge in [0.25, 0.3) is 0 Å². The molecule has 7 N–H and O–H groups in total. The normalized spacial score (nSPS) is 12.0. The Morgan fingerprint density at radius 3 is 1.60 bits per heavy atom. The highest BCUT2D eigenvalue weighted by molar-refractivity contribution is 5.84. The first-order valence-corrected chi connectivity index (χ1v) is 17.1. The summed E-state index contributed by atoms with van der Waals surface area (Å²) in [5.41, 5.74) is 0. The van der Waals surface area contributed by atoms with Crippen molar-refractivity contribution in [2.75, 3.05) is 86.1 Å². The second kappa shape index (κ2) is 31.3. The number of amides is 5. The van der Waals surface area contributed by atoms with Gasteiger partial charge in [-0.2, -0.15) is 0 Å². The maximum absolute atomic E-state index is 11.9. The van der Waals surface area contributed by atoms with Gasteiger partial charge in [-0.15, -0.1) is 0 Å². The van der Waals surface area contributed by atoms with Crippen LogP contribution in [-0.2, 0) is 52.5 Å². The molecule has 2 unspecified atom stereocenters. The summed E-state index contributed by atoms with van der Waals surface area (Å²) in [5.74, 6) is -2.56. The molecular formula is C32H58N6O12. The summed E-state index contributed by atoms with van der Waals surface area (Å²) in [7, 11) is 1.76. The molecule has 5 amide bonds. The molecule has 0 aromatic heterocycles. The minimum atomic E-state index is -1.20. The standard InChI is InChI=1S/C32H58N6O12/c1-4-27(40)38-26(32(45)46)10-11-29(42)36-14-16-47-18-21-50-23-31(44)37-15-17-48-19-20-49-22-30(43)35-13-7-9-28(41)34-12-6-5-8-25(33-3)24(2)39/h25-26,33H,4-23H2,1-3H3,(H,34,41)(H,35,43)(H,36,42)(H,37,44)(H,38,40)(H,45,46). The largest absolute Gasteiger partial charge is 0.480 e. The van der Waals surface area contributed by atoms with E-state index in [-0.39, 0.29) is 121 Å². The Morgan fingerprint density at radius 2 is 1.06 bits per heavy atom.